The Labute approximate surface area is 98.2 Å². The molecule has 2 rings (SSSR count). The van der Waals surface area contributed by atoms with E-state index in [9.17, 15) is 4.79 Å². The van der Waals surface area contributed by atoms with Gasteiger partial charge in [0, 0.05) is 11.8 Å². The lowest BCUT2D eigenvalue weighted by atomic mass is 10.0. The lowest BCUT2D eigenvalue weighted by Gasteiger charge is -2.21. The van der Waals surface area contributed by atoms with Gasteiger partial charge in [-0.15, -0.1) is 0 Å². The van der Waals surface area contributed by atoms with Crippen LogP contribution in [0.2, 0.25) is 0 Å². The maximum absolute atomic E-state index is 11.2. The van der Waals surface area contributed by atoms with E-state index in [2.05, 4.69) is 15.3 Å². The number of hydrogen-bond donors (Lipinski definition) is 3. The number of nitrogens with one attached hydrogen (secondary N) is 2. The van der Waals surface area contributed by atoms with Gasteiger partial charge in [0.25, 0.3) is 5.56 Å². The van der Waals surface area contributed by atoms with Crippen molar-refractivity contribution in [3.05, 3.63) is 16.4 Å². The van der Waals surface area contributed by atoms with Crippen LogP contribution in [0.1, 0.15) is 12.8 Å². The Morgan fingerprint density at radius 1 is 1.62 bits per heavy atom. The predicted octanol–water partition coefficient (Wildman–Crippen LogP) is 0.444. The maximum Gasteiger partial charge on any atom is 0.253 e. The minimum atomic E-state index is -0.184. The second-order valence-electron chi connectivity index (χ2n) is 4.00. The zero-order chi connectivity index (χ0) is 11.4. The molecule has 1 aliphatic heterocycles. The fourth-order valence-corrected chi connectivity index (χ4v) is 2.81. The average molecular weight is 240 g/mol. The maximum atomic E-state index is 11.2. The van der Waals surface area contributed by atoms with E-state index in [-0.39, 0.29) is 11.4 Å². The molecule has 1 fully saturated rings. The van der Waals surface area contributed by atoms with E-state index in [0.29, 0.717) is 11.1 Å². The quantitative estimate of drug-likeness (QED) is 0.527. The molecular formula is C10H16N4OS. The Morgan fingerprint density at radius 3 is 3.19 bits per heavy atom. The van der Waals surface area contributed by atoms with Crippen LogP contribution in [-0.2, 0) is 0 Å². The van der Waals surface area contributed by atoms with Crippen LogP contribution in [-0.4, -0.2) is 28.8 Å². The lowest BCUT2D eigenvalue weighted by Crippen LogP contribution is -2.31. The highest BCUT2D eigenvalue weighted by Crippen LogP contribution is 2.20. The molecule has 1 aromatic rings. The van der Waals surface area contributed by atoms with Crippen molar-refractivity contribution in [2.45, 2.75) is 18.0 Å². The average Bonchev–Trinajstić information content (AvgIpc) is 2.27. The monoisotopic (exact) mass is 240 g/mol. The zero-order valence-electron chi connectivity index (χ0n) is 9.03. The molecular weight excluding hydrogens is 224 g/mol. The molecule has 1 aromatic heterocycles. The fourth-order valence-electron chi connectivity index (χ4n) is 1.78. The summed E-state index contributed by atoms with van der Waals surface area (Å²) in [6.07, 6.45) is 2.47. The highest BCUT2D eigenvalue weighted by molar-refractivity contribution is 7.99. The topological polar surface area (TPSA) is 83.8 Å². The third-order valence-corrected chi connectivity index (χ3v) is 3.70. The second-order valence-corrected chi connectivity index (χ2v) is 5.01. The molecule has 1 unspecified atom stereocenters. The number of rotatable bonds is 3. The van der Waals surface area contributed by atoms with Crippen LogP contribution >= 0.6 is 11.8 Å². The summed E-state index contributed by atoms with van der Waals surface area (Å²) in [5, 5.41) is 3.98. The standard InChI is InChI=1S/C10H16N4OS/c11-8-4-9(15)14-10(13-8)16-6-7-2-1-3-12-5-7/h4,7,12H,1-3,5-6H2,(H3,11,13,14,15). The van der Waals surface area contributed by atoms with Gasteiger partial charge < -0.3 is 16.0 Å². The number of piperidine rings is 1. The highest BCUT2D eigenvalue weighted by Gasteiger charge is 2.13. The Kier molecular flexibility index (Phi) is 3.84. The Hall–Kier alpha value is -1.01. The van der Waals surface area contributed by atoms with Gasteiger partial charge in [0.1, 0.15) is 5.82 Å². The smallest absolute Gasteiger partial charge is 0.253 e. The first kappa shape index (κ1) is 11.5. The summed E-state index contributed by atoms with van der Waals surface area (Å²) in [5.74, 6) is 1.91. The Balaban J connectivity index is 1.90. The molecule has 6 heteroatoms. The van der Waals surface area contributed by atoms with Crippen LogP contribution in [0.3, 0.4) is 0 Å². The number of aromatic nitrogens is 2. The highest BCUT2D eigenvalue weighted by atomic mass is 32.2. The van der Waals surface area contributed by atoms with Crippen LogP contribution in [0, 0.1) is 5.92 Å². The number of anilines is 1. The van der Waals surface area contributed by atoms with Crippen molar-refractivity contribution in [2.75, 3.05) is 24.6 Å². The van der Waals surface area contributed by atoms with Gasteiger partial charge in [0.2, 0.25) is 0 Å². The number of thioether (sulfide) groups is 1. The van der Waals surface area contributed by atoms with E-state index in [4.69, 9.17) is 5.73 Å². The molecule has 0 aliphatic carbocycles. The van der Waals surface area contributed by atoms with Gasteiger partial charge in [-0.3, -0.25) is 4.79 Å². The fraction of sp³-hybridized carbons (Fsp3) is 0.600. The van der Waals surface area contributed by atoms with Crippen molar-refractivity contribution in [3.63, 3.8) is 0 Å². The lowest BCUT2D eigenvalue weighted by molar-refractivity contribution is 0.410. The van der Waals surface area contributed by atoms with Crippen molar-refractivity contribution in [1.29, 1.82) is 0 Å². The molecule has 0 saturated carbocycles. The summed E-state index contributed by atoms with van der Waals surface area (Å²) in [6.45, 7) is 2.17. The largest absolute Gasteiger partial charge is 0.383 e. The van der Waals surface area contributed by atoms with Crippen LogP contribution in [0.5, 0.6) is 0 Å². The number of nitrogen functional groups attached to an aromatic ring is 1. The van der Waals surface area contributed by atoms with Crippen molar-refractivity contribution < 1.29 is 0 Å². The number of aromatic amines is 1. The molecule has 2 heterocycles. The Bertz CT molecular complexity index is 400. The molecule has 16 heavy (non-hydrogen) atoms. The summed E-state index contributed by atoms with van der Waals surface area (Å²) in [5.41, 5.74) is 5.33. The first-order valence-electron chi connectivity index (χ1n) is 5.44. The molecule has 1 saturated heterocycles. The number of nitrogens with two attached hydrogens (primary N) is 1. The number of H-pyrrole nitrogens is 1. The van der Waals surface area contributed by atoms with Crippen LogP contribution in [0.15, 0.2) is 16.0 Å². The van der Waals surface area contributed by atoms with Gasteiger partial charge in [-0.2, -0.15) is 0 Å². The first-order valence-corrected chi connectivity index (χ1v) is 6.43. The van der Waals surface area contributed by atoms with Crippen LogP contribution in [0.25, 0.3) is 0 Å². The molecule has 5 nitrogen and oxygen atoms in total. The molecule has 0 spiro atoms. The summed E-state index contributed by atoms with van der Waals surface area (Å²) < 4.78 is 0. The van der Waals surface area contributed by atoms with Gasteiger partial charge in [0.15, 0.2) is 5.16 Å². The molecule has 88 valence electrons. The van der Waals surface area contributed by atoms with E-state index < -0.39 is 0 Å². The summed E-state index contributed by atoms with van der Waals surface area (Å²) >= 11 is 1.57. The van der Waals surface area contributed by atoms with E-state index >= 15 is 0 Å². The first-order chi connectivity index (χ1) is 7.74. The van der Waals surface area contributed by atoms with Crippen molar-refractivity contribution in [2.24, 2.45) is 5.92 Å². The molecule has 1 atom stereocenters. The predicted molar refractivity (Wildman–Crippen MR) is 65.6 cm³/mol. The van der Waals surface area contributed by atoms with E-state index in [1.165, 1.54) is 18.9 Å². The third kappa shape index (κ3) is 3.24. The third-order valence-electron chi connectivity index (χ3n) is 2.59. The van der Waals surface area contributed by atoms with E-state index in [1.807, 2.05) is 0 Å². The van der Waals surface area contributed by atoms with E-state index in [0.717, 1.165) is 18.8 Å². The molecule has 1 aliphatic rings. The van der Waals surface area contributed by atoms with Gasteiger partial charge >= 0.3 is 0 Å². The van der Waals surface area contributed by atoms with Gasteiger partial charge in [0.05, 0.1) is 0 Å². The summed E-state index contributed by atoms with van der Waals surface area (Å²) in [6, 6.07) is 1.30. The van der Waals surface area contributed by atoms with Crippen molar-refractivity contribution >= 4 is 17.6 Å². The zero-order valence-corrected chi connectivity index (χ0v) is 9.85. The molecule has 0 bridgehead atoms. The minimum absolute atomic E-state index is 0.184. The normalized spacial score (nSPS) is 20.9. The van der Waals surface area contributed by atoms with Crippen molar-refractivity contribution in [3.8, 4) is 0 Å². The van der Waals surface area contributed by atoms with Crippen LogP contribution in [0.4, 0.5) is 5.82 Å². The summed E-state index contributed by atoms with van der Waals surface area (Å²) in [7, 11) is 0. The van der Waals surface area contributed by atoms with Crippen LogP contribution < -0.4 is 16.6 Å². The number of hydrogen-bond acceptors (Lipinski definition) is 5. The molecule has 0 radical (unpaired) electrons. The van der Waals surface area contributed by atoms with Gasteiger partial charge in [-0.1, -0.05) is 11.8 Å². The molecule has 4 N–H and O–H groups in total. The van der Waals surface area contributed by atoms with Crippen molar-refractivity contribution in [1.82, 2.24) is 15.3 Å². The van der Waals surface area contributed by atoms with Gasteiger partial charge in [-0.05, 0) is 31.8 Å². The second kappa shape index (κ2) is 5.36. The SMILES string of the molecule is Nc1cc(=O)[nH]c(SCC2CCCNC2)n1. The molecule has 0 aromatic carbocycles. The number of nitrogens with zero attached hydrogens (tertiary/aromatic N) is 1. The summed E-state index contributed by atoms with van der Waals surface area (Å²) in [4.78, 5) is 17.9. The van der Waals surface area contributed by atoms with E-state index in [1.54, 1.807) is 11.8 Å². The van der Waals surface area contributed by atoms with Gasteiger partial charge in [-0.25, -0.2) is 4.98 Å². The molecule has 0 amide bonds. The Morgan fingerprint density at radius 2 is 2.50 bits per heavy atom. The minimum Gasteiger partial charge on any atom is -0.383 e.